The molecule has 1 aromatic carbocycles. The number of piperazine rings is 1. The van der Waals surface area contributed by atoms with E-state index in [1.54, 1.807) is 29.3 Å². The average molecular weight is 397 g/mol. The quantitative estimate of drug-likeness (QED) is 0.770. The third-order valence-electron chi connectivity index (χ3n) is 5.20. The topological polar surface area (TPSA) is 99.0 Å². The number of rotatable bonds is 5. The van der Waals surface area contributed by atoms with E-state index in [9.17, 15) is 19.1 Å². The standard InChI is InChI=1S/C20H20FN5O3/c21-15-4-2-1-3-14(15)18(27)26-11-9-25(10-12-26)17-5-8-22-16(24-17)13-23-20(6-7-20)19(28)29/h1-5,8,13H,6-7,9-12H2,(H,28,29). The smallest absolute Gasteiger partial charge is 0.331 e. The van der Waals surface area contributed by atoms with E-state index in [2.05, 4.69) is 15.0 Å². The maximum absolute atomic E-state index is 13.9. The third-order valence-corrected chi connectivity index (χ3v) is 5.20. The van der Waals surface area contributed by atoms with Crippen molar-refractivity contribution in [3.63, 3.8) is 0 Å². The minimum atomic E-state index is -1.02. The molecule has 29 heavy (non-hydrogen) atoms. The van der Waals surface area contributed by atoms with Gasteiger partial charge in [-0.25, -0.2) is 19.2 Å². The molecule has 4 rings (SSSR count). The summed E-state index contributed by atoms with van der Waals surface area (Å²) in [6.45, 7) is 1.99. The highest BCUT2D eigenvalue weighted by molar-refractivity contribution is 5.94. The van der Waals surface area contributed by atoms with Gasteiger partial charge in [0.25, 0.3) is 5.91 Å². The highest BCUT2D eigenvalue weighted by atomic mass is 19.1. The normalized spacial score (nSPS) is 18.1. The van der Waals surface area contributed by atoms with Gasteiger partial charge in [0.2, 0.25) is 0 Å². The number of hydrogen-bond acceptors (Lipinski definition) is 6. The Morgan fingerprint density at radius 2 is 1.86 bits per heavy atom. The minimum absolute atomic E-state index is 0.0777. The van der Waals surface area contributed by atoms with Gasteiger partial charge in [-0.2, -0.15) is 0 Å². The summed E-state index contributed by atoms with van der Waals surface area (Å²) in [7, 11) is 0. The first kappa shape index (κ1) is 19.0. The third kappa shape index (κ3) is 3.94. The Hall–Kier alpha value is -3.36. The van der Waals surface area contributed by atoms with E-state index >= 15 is 0 Å². The summed E-state index contributed by atoms with van der Waals surface area (Å²) < 4.78 is 13.9. The van der Waals surface area contributed by atoms with Crippen LogP contribution in [0.3, 0.4) is 0 Å². The van der Waals surface area contributed by atoms with Crippen molar-refractivity contribution in [3.05, 3.63) is 53.7 Å². The van der Waals surface area contributed by atoms with Crippen molar-refractivity contribution in [2.75, 3.05) is 31.1 Å². The van der Waals surface area contributed by atoms with Crippen LogP contribution in [0.25, 0.3) is 0 Å². The van der Waals surface area contributed by atoms with Crippen LogP contribution in [0.15, 0.2) is 41.5 Å². The number of amides is 1. The summed E-state index contributed by atoms with van der Waals surface area (Å²) in [4.78, 5) is 40.1. The number of aliphatic carboxylic acids is 1. The molecule has 0 unspecified atom stereocenters. The van der Waals surface area contributed by atoms with Crippen LogP contribution in [0.2, 0.25) is 0 Å². The van der Waals surface area contributed by atoms with E-state index in [1.807, 2.05) is 4.90 Å². The summed E-state index contributed by atoms with van der Waals surface area (Å²) in [6, 6.07) is 7.73. The van der Waals surface area contributed by atoms with Gasteiger partial charge in [0.15, 0.2) is 11.4 Å². The lowest BCUT2D eigenvalue weighted by Crippen LogP contribution is -2.49. The number of aromatic nitrogens is 2. The average Bonchev–Trinajstić information content (AvgIpc) is 3.54. The molecule has 0 bridgehead atoms. The largest absolute Gasteiger partial charge is 0.479 e. The van der Waals surface area contributed by atoms with Crippen molar-refractivity contribution in [3.8, 4) is 0 Å². The zero-order valence-electron chi connectivity index (χ0n) is 15.7. The number of halogens is 1. The van der Waals surface area contributed by atoms with Gasteiger partial charge in [0, 0.05) is 32.4 Å². The van der Waals surface area contributed by atoms with Crippen LogP contribution in [0.5, 0.6) is 0 Å². The predicted molar refractivity (Wildman–Crippen MR) is 104 cm³/mol. The lowest BCUT2D eigenvalue weighted by molar-refractivity contribution is -0.139. The lowest BCUT2D eigenvalue weighted by Gasteiger charge is -2.35. The van der Waals surface area contributed by atoms with E-state index in [0.29, 0.717) is 50.7 Å². The van der Waals surface area contributed by atoms with Crippen molar-refractivity contribution in [1.29, 1.82) is 0 Å². The Kier molecular flexibility index (Phi) is 4.96. The second-order valence-electron chi connectivity index (χ2n) is 7.13. The molecule has 1 saturated carbocycles. The fraction of sp³-hybridized carbons (Fsp3) is 0.350. The second-order valence-corrected chi connectivity index (χ2v) is 7.13. The maximum Gasteiger partial charge on any atom is 0.331 e. The molecule has 1 amide bonds. The second kappa shape index (κ2) is 7.57. The number of carboxylic acids is 1. The maximum atomic E-state index is 13.9. The molecule has 1 aliphatic heterocycles. The van der Waals surface area contributed by atoms with Crippen LogP contribution in [0.4, 0.5) is 10.2 Å². The fourth-order valence-electron chi connectivity index (χ4n) is 3.24. The summed E-state index contributed by atoms with van der Waals surface area (Å²) in [5.41, 5.74) is -0.938. The molecule has 1 aromatic heterocycles. The van der Waals surface area contributed by atoms with Crippen molar-refractivity contribution in [2.24, 2.45) is 4.99 Å². The first-order chi connectivity index (χ1) is 14.0. The van der Waals surface area contributed by atoms with Crippen LogP contribution < -0.4 is 4.90 Å². The first-order valence-corrected chi connectivity index (χ1v) is 9.39. The Balaban J connectivity index is 1.40. The van der Waals surface area contributed by atoms with Gasteiger partial charge < -0.3 is 14.9 Å². The van der Waals surface area contributed by atoms with Gasteiger partial charge in [0.1, 0.15) is 11.6 Å². The molecule has 2 aliphatic rings. The molecule has 0 spiro atoms. The number of carbonyl (C=O) groups is 2. The molecule has 0 radical (unpaired) electrons. The summed E-state index contributed by atoms with van der Waals surface area (Å²) in [5, 5.41) is 9.19. The highest BCUT2D eigenvalue weighted by Crippen LogP contribution is 2.39. The van der Waals surface area contributed by atoms with Gasteiger partial charge in [0.05, 0.1) is 11.8 Å². The summed E-state index contributed by atoms with van der Waals surface area (Å²) >= 11 is 0. The fourth-order valence-corrected chi connectivity index (χ4v) is 3.24. The number of aliphatic imine (C=N–C) groups is 1. The molecule has 1 N–H and O–H groups in total. The molecule has 9 heteroatoms. The molecule has 8 nitrogen and oxygen atoms in total. The number of hydrogen-bond donors (Lipinski definition) is 1. The number of anilines is 1. The van der Waals surface area contributed by atoms with Crippen LogP contribution in [0, 0.1) is 5.82 Å². The summed E-state index contributed by atoms with van der Waals surface area (Å²) in [6.07, 6.45) is 4.05. The first-order valence-electron chi connectivity index (χ1n) is 9.39. The van der Waals surface area contributed by atoms with Gasteiger partial charge in [-0.1, -0.05) is 12.1 Å². The van der Waals surface area contributed by atoms with E-state index in [0.717, 1.165) is 0 Å². The van der Waals surface area contributed by atoms with Crippen LogP contribution in [-0.4, -0.2) is 69.8 Å². The van der Waals surface area contributed by atoms with Crippen molar-refractivity contribution in [1.82, 2.24) is 14.9 Å². The van der Waals surface area contributed by atoms with Crippen LogP contribution >= 0.6 is 0 Å². The molecular formula is C20H20FN5O3. The van der Waals surface area contributed by atoms with Crippen LogP contribution in [-0.2, 0) is 4.79 Å². The molecule has 1 saturated heterocycles. The van der Waals surface area contributed by atoms with E-state index in [-0.39, 0.29) is 11.5 Å². The van der Waals surface area contributed by atoms with E-state index in [1.165, 1.54) is 18.3 Å². The molecule has 2 aromatic rings. The number of benzene rings is 1. The van der Waals surface area contributed by atoms with E-state index in [4.69, 9.17) is 0 Å². The monoisotopic (exact) mass is 397 g/mol. The number of carbonyl (C=O) groups excluding carboxylic acids is 1. The predicted octanol–water partition coefficient (Wildman–Crippen LogP) is 1.61. The van der Waals surface area contributed by atoms with E-state index < -0.39 is 17.3 Å². The van der Waals surface area contributed by atoms with Crippen molar-refractivity contribution in [2.45, 2.75) is 18.4 Å². The Morgan fingerprint density at radius 3 is 2.52 bits per heavy atom. The van der Waals surface area contributed by atoms with Gasteiger partial charge in [-0.05, 0) is 31.0 Å². The van der Waals surface area contributed by atoms with Crippen LogP contribution in [0.1, 0.15) is 29.0 Å². The number of carboxylic acid groups (broad SMARTS) is 1. The van der Waals surface area contributed by atoms with Crippen molar-refractivity contribution >= 4 is 23.9 Å². The number of nitrogens with zero attached hydrogens (tertiary/aromatic N) is 5. The Bertz CT molecular complexity index is 968. The van der Waals surface area contributed by atoms with Gasteiger partial charge in [-0.15, -0.1) is 0 Å². The molecule has 2 heterocycles. The zero-order valence-corrected chi connectivity index (χ0v) is 15.7. The zero-order chi connectivity index (χ0) is 20.4. The molecular weight excluding hydrogens is 377 g/mol. The molecule has 0 atom stereocenters. The lowest BCUT2D eigenvalue weighted by atomic mass is 10.1. The Labute approximate surface area is 166 Å². The van der Waals surface area contributed by atoms with Crippen molar-refractivity contribution < 1.29 is 19.1 Å². The molecule has 2 fully saturated rings. The molecule has 150 valence electrons. The molecule has 1 aliphatic carbocycles. The van der Waals surface area contributed by atoms with Gasteiger partial charge >= 0.3 is 5.97 Å². The Morgan fingerprint density at radius 1 is 1.14 bits per heavy atom. The SMILES string of the molecule is O=C(c1ccccc1F)N1CCN(c2ccnc(C=NC3(C(=O)O)CC3)n2)CC1. The minimum Gasteiger partial charge on any atom is -0.479 e. The van der Waals surface area contributed by atoms with Gasteiger partial charge in [-0.3, -0.25) is 9.79 Å². The summed E-state index contributed by atoms with van der Waals surface area (Å²) in [5.74, 6) is -0.740. The highest BCUT2D eigenvalue weighted by Gasteiger charge is 2.50.